The van der Waals surface area contributed by atoms with Crippen molar-refractivity contribution in [3.05, 3.63) is 29.8 Å². The summed E-state index contributed by atoms with van der Waals surface area (Å²) < 4.78 is 59.9. The Balaban J connectivity index is 1.86. The lowest BCUT2D eigenvalue weighted by Gasteiger charge is -2.35. The number of benzene rings is 1. The van der Waals surface area contributed by atoms with E-state index in [-0.39, 0.29) is 10.9 Å². The monoisotopic (exact) mass is 392 g/mol. The number of hydrogen-bond donors (Lipinski definition) is 0. The molecular formula is C16H22F2N2O3S2. The van der Waals surface area contributed by atoms with Gasteiger partial charge in [0.25, 0.3) is 0 Å². The molecule has 1 atom stereocenters. The van der Waals surface area contributed by atoms with Gasteiger partial charge in [0.1, 0.15) is 11.6 Å². The molecular weight excluding hydrogens is 370 g/mol. The topological polar surface area (TPSA) is 49.9 Å². The van der Waals surface area contributed by atoms with Gasteiger partial charge in [-0.15, -0.1) is 0 Å². The number of ether oxygens (including phenoxy) is 1. The maximum absolute atomic E-state index is 13.5. The molecule has 25 heavy (non-hydrogen) atoms. The Morgan fingerprint density at radius 3 is 2.48 bits per heavy atom. The van der Waals surface area contributed by atoms with Crippen molar-refractivity contribution in [1.82, 2.24) is 9.21 Å². The Labute approximate surface area is 151 Å². The zero-order chi connectivity index (χ0) is 17.9. The van der Waals surface area contributed by atoms with Gasteiger partial charge >= 0.3 is 0 Å². The third kappa shape index (κ3) is 4.71. The highest BCUT2D eigenvalue weighted by Crippen LogP contribution is 2.26. The lowest BCUT2D eigenvalue weighted by Crippen LogP contribution is -2.50. The van der Waals surface area contributed by atoms with Gasteiger partial charge in [0.2, 0.25) is 10.0 Å². The van der Waals surface area contributed by atoms with Crippen LogP contribution in [0.25, 0.3) is 0 Å². The van der Waals surface area contributed by atoms with E-state index >= 15 is 0 Å². The summed E-state index contributed by atoms with van der Waals surface area (Å²) in [6.07, 6.45) is 0.724. The van der Waals surface area contributed by atoms with Crippen molar-refractivity contribution in [1.29, 1.82) is 0 Å². The van der Waals surface area contributed by atoms with Crippen LogP contribution in [0.2, 0.25) is 0 Å². The van der Waals surface area contributed by atoms with Crippen molar-refractivity contribution in [2.45, 2.75) is 17.4 Å². The molecule has 0 N–H and O–H groups in total. The zero-order valence-corrected chi connectivity index (χ0v) is 15.5. The molecule has 0 amide bonds. The highest BCUT2D eigenvalue weighted by atomic mass is 32.2. The van der Waals surface area contributed by atoms with Gasteiger partial charge in [-0.3, -0.25) is 4.90 Å². The molecule has 5 nitrogen and oxygen atoms in total. The lowest BCUT2D eigenvalue weighted by atomic mass is 10.2. The van der Waals surface area contributed by atoms with E-state index in [0.29, 0.717) is 38.1 Å². The van der Waals surface area contributed by atoms with Gasteiger partial charge in [-0.2, -0.15) is 16.1 Å². The predicted octanol–water partition coefficient (Wildman–Crippen LogP) is 1.79. The summed E-state index contributed by atoms with van der Waals surface area (Å²) >= 11 is 1.72. The standard InChI is InChI=1S/C16H22F2N2O3S2/c17-13-8-14(18)10-16(9-13)25(21,22)20-2-1-7-24-12-15(20)11-19-3-5-23-6-4-19/h8-10,15H,1-7,11-12H2. The van der Waals surface area contributed by atoms with E-state index in [1.54, 1.807) is 11.8 Å². The van der Waals surface area contributed by atoms with Crippen molar-refractivity contribution in [2.24, 2.45) is 0 Å². The van der Waals surface area contributed by atoms with Crippen LogP contribution in [0.1, 0.15) is 6.42 Å². The fraction of sp³-hybridized carbons (Fsp3) is 0.625. The summed E-state index contributed by atoms with van der Waals surface area (Å²) in [6.45, 7) is 3.78. The average molecular weight is 392 g/mol. The highest BCUT2D eigenvalue weighted by Gasteiger charge is 2.34. The molecule has 0 aromatic heterocycles. The second kappa shape index (κ2) is 8.30. The Hall–Kier alpha value is -0.740. The molecule has 9 heteroatoms. The Morgan fingerprint density at radius 2 is 1.80 bits per heavy atom. The van der Waals surface area contributed by atoms with Gasteiger partial charge in [-0.25, -0.2) is 17.2 Å². The maximum atomic E-state index is 13.5. The lowest BCUT2D eigenvalue weighted by molar-refractivity contribution is 0.0309. The summed E-state index contributed by atoms with van der Waals surface area (Å²) in [5, 5.41) is 0. The molecule has 0 radical (unpaired) electrons. The van der Waals surface area contributed by atoms with Crippen LogP contribution in [0.15, 0.2) is 23.1 Å². The third-order valence-corrected chi connectivity index (χ3v) is 7.53. The van der Waals surface area contributed by atoms with E-state index < -0.39 is 21.7 Å². The van der Waals surface area contributed by atoms with Gasteiger partial charge in [-0.05, 0) is 24.3 Å². The van der Waals surface area contributed by atoms with Crippen LogP contribution in [-0.4, -0.2) is 74.6 Å². The number of hydrogen-bond acceptors (Lipinski definition) is 5. The number of rotatable bonds is 4. The number of nitrogens with zero attached hydrogens (tertiary/aromatic N) is 2. The Kier molecular flexibility index (Phi) is 6.32. The molecule has 2 heterocycles. The van der Waals surface area contributed by atoms with Crippen molar-refractivity contribution in [2.75, 3.05) is 50.9 Å². The molecule has 1 unspecified atom stereocenters. The fourth-order valence-electron chi connectivity index (χ4n) is 3.16. The summed E-state index contributed by atoms with van der Waals surface area (Å²) in [5.41, 5.74) is 0. The van der Waals surface area contributed by atoms with E-state index in [1.807, 2.05) is 0 Å². The molecule has 2 saturated heterocycles. The van der Waals surface area contributed by atoms with Crippen molar-refractivity contribution in [3.63, 3.8) is 0 Å². The summed E-state index contributed by atoms with van der Waals surface area (Å²) in [5.74, 6) is -0.211. The van der Waals surface area contributed by atoms with Gasteiger partial charge < -0.3 is 4.74 Å². The van der Waals surface area contributed by atoms with E-state index in [2.05, 4.69) is 4.90 Å². The minimum Gasteiger partial charge on any atom is -0.379 e. The molecule has 2 aliphatic rings. The third-order valence-electron chi connectivity index (χ3n) is 4.40. The minimum absolute atomic E-state index is 0.220. The van der Waals surface area contributed by atoms with Crippen molar-refractivity contribution in [3.8, 4) is 0 Å². The number of sulfonamides is 1. The van der Waals surface area contributed by atoms with Crippen LogP contribution >= 0.6 is 11.8 Å². The normalized spacial score (nSPS) is 24.2. The Bertz CT molecular complexity index is 676. The van der Waals surface area contributed by atoms with E-state index in [1.165, 1.54) is 4.31 Å². The molecule has 1 aromatic rings. The number of halogens is 2. The quantitative estimate of drug-likeness (QED) is 0.782. The van der Waals surface area contributed by atoms with Crippen LogP contribution in [0.5, 0.6) is 0 Å². The van der Waals surface area contributed by atoms with E-state index in [4.69, 9.17) is 4.74 Å². The molecule has 0 saturated carbocycles. The van der Waals surface area contributed by atoms with Gasteiger partial charge in [0.05, 0.1) is 18.1 Å². The number of thioether (sulfide) groups is 1. The predicted molar refractivity (Wildman–Crippen MR) is 93.2 cm³/mol. The van der Waals surface area contributed by atoms with Crippen LogP contribution < -0.4 is 0 Å². The van der Waals surface area contributed by atoms with Crippen molar-refractivity contribution < 1.29 is 21.9 Å². The van der Waals surface area contributed by atoms with E-state index in [9.17, 15) is 17.2 Å². The van der Waals surface area contributed by atoms with E-state index in [0.717, 1.165) is 37.4 Å². The van der Waals surface area contributed by atoms with Crippen molar-refractivity contribution >= 4 is 21.8 Å². The first kappa shape index (κ1) is 19.0. The SMILES string of the molecule is O=S(=O)(c1cc(F)cc(F)c1)N1CCCSCC1CN1CCOCC1. The number of morpholine rings is 1. The smallest absolute Gasteiger partial charge is 0.243 e. The maximum Gasteiger partial charge on any atom is 0.243 e. The van der Waals surface area contributed by atoms with Gasteiger partial charge in [0, 0.05) is 44.0 Å². The first-order valence-corrected chi connectivity index (χ1v) is 10.9. The molecule has 0 aliphatic carbocycles. The zero-order valence-electron chi connectivity index (χ0n) is 13.9. The second-order valence-electron chi connectivity index (χ2n) is 6.22. The molecule has 0 spiro atoms. The Morgan fingerprint density at radius 1 is 1.12 bits per heavy atom. The average Bonchev–Trinajstić information content (AvgIpc) is 2.81. The second-order valence-corrected chi connectivity index (χ2v) is 9.26. The first-order chi connectivity index (χ1) is 12.0. The minimum atomic E-state index is -3.95. The van der Waals surface area contributed by atoms with Crippen LogP contribution in [0.4, 0.5) is 8.78 Å². The molecule has 0 bridgehead atoms. The summed E-state index contributed by atoms with van der Waals surface area (Å²) in [7, 11) is -3.95. The molecule has 2 fully saturated rings. The summed E-state index contributed by atoms with van der Waals surface area (Å²) in [4.78, 5) is 1.87. The van der Waals surface area contributed by atoms with Crippen LogP contribution in [0, 0.1) is 11.6 Å². The molecule has 140 valence electrons. The first-order valence-electron chi connectivity index (χ1n) is 8.32. The molecule has 1 aromatic carbocycles. The fourth-order valence-corrected chi connectivity index (χ4v) is 6.01. The van der Waals surface area contributed by atoms with Crippen LogP contribution in [0.3, 0.4) is 0 Å². The highest BCUT2D eigenvalue weighted by molar-refractivity contribution is 7.99. The largest absolute Gasteiger partial charge is 0.379 e. The molecule has 3 rings (SSSR count). The molecule has 2 aliphatic heterocycles. The summed E-state index contributed by atoms with van der Waals surface area (Å²) in [6, 6.07) is 2.24. The van der Waals surface area contributed by atoms with Gasteiger partial charge in [0.15, 0.2) is 0 Å². The van der Waals surface area contributed by atoms with Crippen LogP contribution in [-0.2, 0) is 14.8 Å². The van der Waals surface area contributed by atoms with Gasteiger partial charge in [-0.1, -0.05) is 0 Å².